The van der Waals surface area contributed by atoms with E-state index in [-0.39, 0.29) is 0 Å². The van der Waals surface area contributed by atoms with Crippen molar-refractivity contribution in [2.45, 2.75) is 33.6 Å². The van der Waals surface area contributed by atoms with Crippen LogP contribution in [0.3, 0.4) is 0 Å². The number of anilines is 1. The lowest BCUT2D eigenvalue weighted by molar-refractivity contribution is 0.484. The van der Waals surface area contributed by atoms with Gasteiger partial charge in [-0.05, 0) is 25.0 Å². The quantitative estimate of drug-likeness (QED) is 0.770. The summed E-state index contributed by atoms with van der Waals surface area (Å²) in [5.41, 5.74) is 6.64. The fraction of sp³-hybridized carbons (Fsp3) is 0.571. The monoisotopic (exact) mass is 265 g/mol. The number of pyridine rings is 1. The van der Waals surface area contributed by atoms with Crippen molar-refractivity contribution in [3.8, 4) is 0 Å². The zero-order chi connectivity index (χ0) is 13.5. The molecule has 0 radical (unpaired) electrons. The molecule has 0 amide bonds. The highest BCUT2D eigenvalue weighted by atomic mass is 32.1. The standard InChI is InChI=1S/C14H23N3S/c1-4-11(5-2)10-17(6-3)14-12(13(15)18)8-7-9-16-14/h7-9,11H,4-6,10H2,1-3H3,(H2,15,18). The van der Waals surface area contributed by atoms with E-state index in [2.05, 4.69) is 30.7 Å². The molecule has 1 aromatic rings. The van der Waals surface area contributed by atoms with Gasteiger partial charge >= 0.3 is 0 Å². The maximum absolute atomic E-state index is 5.77. The van der Waals surface area contributed by atoms with Crippen molar-refractivity contribution < 1.29 is 0 Å². The van der Waals surface area contributed by atoms with Crippen molar-refractivity contribution in [1.29, 1.82) is 0 Å². The van der Waals surface area contributed by atoms with E-state index in [0.717, 1.165) is 24.5 Å². The number of nitrogens with two attached hydrogens (primary N) is 1. The van der Waals surface area contributed by atoms with Crippen LogP contribution in [-0.2, 0) is 0 Å². The lowest BCUT2D eigenvalue weighted by Crippen LogP contribution is -2.31. The molecular weight excluding hydrogens is 242 g/mol. The fourth-order valence-electron chi connectivity index (χ4n) is 2.07. The number of hydrogen-bond donors (Lipinski definition) is 1. The second kappa shape index (κ2) is 7.31. The van der Waals surface area contributed by atoms with Gasteiger partial charge in [0.15, 0.2) is 0 Å². The van der Waals surface area contributed by atoms with Gasteiger partial charge in [-0.1, -0.05) is 38.9 Å². The van der Waals surface area contributed by atoms with Crippen molar-refractivity contribution in [2.75, 3.05) is 18.0 Å². The Balaban J connectivity index is 2.97. The minimum atomic E-state index is 0.418. The SMILES string of the molecule is CCC(CC)CN(CC)c1ncccc1C(N)=S. The van der Waals surface area contributed by atoms with Gasteiger partial charge in [-0.25, -0.2) is 4.98 Å². The van der Waals surface area contributed by atoms with E-state index < -0.39 is 0 Å². The Morgan fingerprint density at radius 2 is 2.06 bits per heavy atom. The van der Waals surface area contributed by atoms with Gasteiger partial charge in [-0.3, -0.25) is 0 Å². The second-order valence-corrected chi connectivity index (χ2v) is 4.90. The first-order chi connectivity index (χ1) is 8.63. The predicted molar refractivity (Wildman–Crippen MR) is 82.1 cm³/mol. The summed E-state index contributed by atoms with van der Waals surface area (Å²) in [5, 5.41) is 0. The molecule has 0 aromatic carbocycles. The molecule has 0 unspecified atom stereocenters. The van der Waals surface area contributed by atoms with Crippen molar-refractivity contribution in [3.63, 3.8) is 0 Å². The van der Waals surface area contributed by atoms with E-state index in [1.807, 2.05) is 12.1 Å². The molecule has 1 rings (SSSR count). The first-order valence-corrected chi connectivity index (χ1v) is 7.04. The molecular formula is C14H23N3S. The Kier molecular flexibility index (Phi) is 6.05. The first-order valence-electron chi connectivity index (χ1n) is 6.63. The number of aromatic nitrogens is 1. The van der Waals surface area contributed by atoms with Crippen LogP contribution in [-0.4, -0.2) is 23.1 Å². The first kappa shape index (κ1) is 14.9. The van der Waals surface area contributed by atoms with Crippen LogP contribution < -0.4 is 10.6 Å². The minimum absolute atomic E-state index is 0.418. The van der Waals surface area contributed by atoms with Gasteiger partial charge in [0.2, 0.25) is 0 Å². The summed E-state index contributed by atoms with van der Waals surface area (Å²) >= 11 is 5.10. The fourth-order valence-corrected chi connectivity index (χ4v) is 2.22. The summed E-state index contributed by atoms with van der Waals surface area (Å²) in [7, 11) is 0. The van der Waals surface area contributed by atoms with Gasteiger partial charge < -0.3 is 10.6 Å². The third-order valence-electron chi connectivity index (χ3n) is 3.37. The lowest BCUT2D eigenvalue weighted by atomic mass is 10.0. The Morgan fingerprint density at radius 1 is 1.39 bits per heavy atom. The molecule has 3 nitrogen and oxygen atoms in total. The highest BCUT2D eigenvalue weighted by molar-refractivity contribution is 7.80. The number of nitrogens with zero attached hydrogens (tertiary/aromatic N) is 2. The molecule has 0 saturated heterocycles. The summed E-state index contributed by atoms with van der Waals surface area (Å²) in [6.07, 6.45) is 4.16. The third kappa shape index (κ3) is 3.67. The maximum atomic E-state index is 5.77. The number of thiocarbonyl (C=S) groups is 1. The molecule has 4 heteroatoms. The van der Waals surface area contributed by atoms with E-state index in [0.29, 0.717) is 10.9 Å². The number of hydrogen-bond acceptors (Lipinski definition) is 3. The Morgan fingerprint density at radius 3 is 2.56 bits per heavy atom. The van der Waals surface area contributed by atoms with Crippen molar-refractivity contribution in [1.82, 2.24) is 4.98 Å². The average molecular weight is 265 g/mol. The van der Waals surface area contributed by atoms with Crippen molar-refractivity contribution >= 4 is 23.0 Å². The number of rotatable bonds is 7. The highest BCUT2D eigenvalue weighted by Crippen LogP contribution is 2.20. The van der Waals surface area contributed by atoms with Crippen LogP contribution in [0.1, 0.15) is 39.2 Å². The van der Waals surface area contributed by atoms with Gasteiger partial charge in [0, 0.05) is 19.3 Å². The maximum Gasteiger partial charge on any atom is 0.138 e. The van der Waals surface area contributed by atoms with Crippen LogP contribution in [0.4, 0.5) is 5.82 Å². The van der Waals surface area contributed by atoms with Crippen LogP contribution in [0.25, 0.3) is 0 Å². The summed E-state index contributed by atoms with van der Waals surface area (Å²) < 4.78 is 0. The van der Waals surface area contributed by atoms with Crippen LogP contribution in [0.2, 0.25) is 0 Å². The van der Waals surface area contributed by atoms with Crippen LogP contribution >= 0.6 is 12.2 Å². The molecule has 2 N–H and O–H groups in total. The van der Waals surface area contributed by atoms with Gasteiger partial charge in [-0.15, -0.1) is 0 Å². The van der Waals surface area contributed by atoms with Gasteiger partial charge in [0.1, 0.15) is 10.8 Å². The molecule has 0 atom stereocenters. The van der Waals surface area contributed by atoms with Crippen LogP contribution in [0, 0.1) is 5.92 Å². The van der Waals surface area contributed by atoms with Gasteiger partial charge in [-0.2, -0.15) is 0 Å². The van der Waals surface area contributed by atoms with Gasteiger partial charge in [0.05, 0.1) is 5.56 Å². The van der Waals surface area contributed by atoms with E-state index in [1.165, 1.54) is 12.8 Å². The topological polar surface area (TPSA) is 42.2 Å². The van der Waals surface area contributed by atoms with Crippen LogP contribution in [0.5, 0.6) is 0 Å². The van der Waals surface area contributed by atoms with E-state index >= 15 is 0 Å². The van der Waals surface area contributed by atoms with Crippen molar-refractivity contribution in [2.24, 2.45) is 11.7 Å². The molecule has 0 aliphatic rings. The molecule has 0 fully saturated rings. The zero-order valence-electron chi connectivity index (χ0n) is 11.5. The highest BCUT2D eigenvalue weighted by Gasteiger charge is 2.15. The zero-order valence-corrected chi connectivity index (χ0v) is 12.3. The molecule has 0 aliphatic heterocycles. The molecule has 18 heavy (non-hydrogen) atoms. The van der Waals surface area contributed by atoms with E-state index in [9.17, 15) is 0 Å². The summed E-state index contributed by atoms with van der Waals surface area (Å²) in [6.45, 7) is 8.53. The Labute approximate surface area is 115 Å². The molecule has 0 bridgehead atoms. The normalized spacial score (nSPS) is 10.7. The Bertz CT molecular complexity index is 388. The van der Waals surface area contributed by atoms with E-state index in [4.69, 9.17) is 18.0 Å². The molecule has 1 heterocycles. The smallest absolute Gasteiger partial charge is 0.138 e. The molecule has 1 aromatic heterocycles. The third-order valence-corrected chi connectivity index (χ3v) is 3.59. The summed E-state index contributed by atoms with van der Waals surface area (Å²) in [4.78, 5) is 7.14. The summed E-state index contributed by atoms with van der Waals surface area (Å²) in [6, 6.07) is 3.82. The summed E-state index contributed by atoms with van der Waals surface area (Å²) in [5.74, 6) is 1.60. The molecule has 0 spiro atoms. The van der Waals surface area contributed by atoms with Crippen LogP contribution in [0.15, 0.2) is 18.3 Å². The largest absolute Gasteiger partial charge is 0.389 e. The van der Waals surface area contributed by atoms with Gasteiger partial charge in [0.25, 0.3) is 0 Å². The molecule has 0 saturated carbocycles. The molecule has 100 valence electrons. The lowest BCUT2D eigenvalue weighted by Gasteiger charge is -2.27. The molecule has 0 aliphatic carbocycles. The van der Waals surface area contributed by atoms with Crippen molar-refractivity contribution in [3.05, 3.63) is 23.9 Å². The minimum Gasteiger partial charge on any atom is -0.389 e. The Hall–Kier alpha value is -1.16. The average Bonchev–Trinajstić information content (AvgIpc) is 2.40. The van der Waals surface area contributed by atoms with E-state index in [1.54, 1.807) is 6.20 Å². The predicted octanol–water partition coefficient (Wildman–Crippen LogP) is 2.98. The second-order valence-electron chi connectivity index (χ2n) is 4.46.